The molecule has 0 amide bonds. The fourth-order valence-electron chi connectivity index (χ4n) is 2.46. The van der Waals surface area contributed by atoms with Crippen LogP contribution in [-0.2, 0) is 9.47 Å². The summed E-state index contributed by atoms with van der Waals surface area (Å²) in [5.74, 6) is -1.56. The van der Waals surface area contributed by atoms with Crippen molar-refractivity contribution in [3.05, 3.63) is 30.6 Å². The standard InChI is InChI=1S/C16H19FNO4/c1-11(19)12-5-8-18-15(14(12)17)21-10-16(6-7-16)22-13-4-2-3-9-20-13/h5,8,13H,1-4,6-7,9-10H2. The van der Waals surface area contributed by atoms with E-state index < -0.39 is 17.2 Å². The minimum Gasteiger partial charge on any atom is -0.473 e. The molecule has 1 saturated carbocycles. The van der Waals surface area contributed by atoms with Gasteiger partial charge in [0.05, 0.1) is 5.56 Å². The number of ether oxygens (including phenoxy) is 3. The van der Waals surface area contributed by atoms with Gasteiger partial charge in [-0.2, -0.15) is 0 Å². The lowest BCUT2D eigenvalue weighted by atomic mass is 10.2. The second-order valence-corrected chi connectivity index (χ2v) is 5.79. The van der Waals surface area contributed by atoms with Gasteiger partial charge in [-0.05, 0) is 38.2 Å². The van der Waals surface area contributed by atoms with Gasteiger partial charge in [-0.3, -0.25) is 4.79 Å². The first-order valence-corrected chi connectivity index (χ1v) is 7.53. The van der Waals surface area contributed by atoms with Crippen molar-refractivity contribution in [2.75, 3.05) is 13.2 Å². The zero-order chi connectivity index (χ0) is 15.6. The van der Waals surface area contributed by atoms with Crippen LogP contribution in [0, 0.1) is 12.7 Å². The van der Waals surface area contributed by atoms with Crippen LogP contribution >= 0.6 is 0 Å². The van der Waals surface area contributed by atoms with Crippen LogP contribution in [0.3, 0.4) is 0 Å². The van der Waals surface area contributed by atoms with E-state index in [9.17, 15) is 9.18 Å². The maximum Gasteiger partial charge on any atom is 0.251 e. The van der Waals surface area contributed by atoms with Crippen molar-refractivity contribution in [3.8, 4) is 5.88 Å². The average Bonchev–Trinajstić information content (AvgIpc) is 3.27. The molecule has 1 aliphatic heterocycles. The third-order valence-corrected chi connectivity index (χ3v) is 3.96. The van der Waals surface area contributed by atoms with Crippen LogP contribution in [-0.4, -0.2) is 35.9 Å². The first-order valence-electron chi connectivity index (χ1n) is 7.53. The molecule has 5 nitrogen and oxygen atoms in total. The average molecular weight is 308 g/mol. The van der Waals surface area contributed by atoms with Crippen molar-refractivity contribution in [2.45, 2.75) is 44.0 Å². The lowest BCUT2D eigenvalue weighted by molar-refractivity contribution is -0.202. The molecule has 1 unspecified atom stereocenters. The molecule has 2 aliphatic rings. The predicted molar refractivity (Wildman–Crippen MR) is 76.0 cm³/mol. The van der Waals surface area contributed by atoms with Crippen molar-refractivity contribution in [1.29, 1.82) is 0 Å². The van der Waals surface area contributed by atoms with Gasteiger partial charge >= 0.3 is 0 Å². The Morgan fingerprint density at radius 2 is 2.32 bits per heavy atom. The summed E-state index contributed by atoms with van der Waals surface area (Å²) in [5, 5.41) is 0. The highest BCUT2D eigenvalue weighted by molar-refractivity contribution is 5.99. The third-order valence-electron chi connectivity index (χ3n) is 3.96. The summed E-state index contributed by atoms with van der Waals surface area (Å²) in [7, 11) is 0. The Bertz CT molecular complexity index is 553. The summed E-state index contributed by atoms with van der Waals surface area (Å²) < 4.78 is 31.0. The maximum atomic E-state index is 14.1. The number of nitrogens with zero attached hydrogens (tertiary/aromatic N) is 1. The van der Waals surface area contributed by atoms with E-state index in [0.717, 1.165) is 32.1 Å². The molecule has 2 heterocycles. The number of hydrogen-bond donors (Lipinski definition) is 0. The topological polar surface area (TPSA) is 57.7 Å². The first kappa shape index (κ1) is 15.4. The maximum absolute atomic E-state index is 14.1. The molecule has 2 fully saturated rings. The van der Waals surface area contributed by atoms with E-state index in [2.05, 4.69) is 11.9 Å². The van der Waals surface area contributed by atoms with Gasteiger partial charge in [0, 0.05) is 19.7 Å². The number of Topliss-reactive ketones (excluding diaryl/α,β-unsaturated/α-hetero) is 1. The molecule has 0 spiro atoms. The molecule has 3 rings (SSSR count). The molecule has 1 aliphatic carbocycles. The number of aromatic nitrogens is 1. The normalized spacial score (nSPS) is 23.1. The van der Waals surface area contributed by atoms with E-state index >= 15 is 0 Å². The fraction of sp³-hybridized carbons (Fsp3) is 0.562. The van der Waals surface area contributed by atoms with Crippen LogP contribution in [0.4, 0.5) is 4.39 Å². The van der Waals surface area contributed by atoms with Crippen molar-refractivity contribution in [1.82, 2.24) is 4.98 Å². The zero-order valence-electron chi connectivity index (χ0n) is 12.3. The van der Waals surface area contributed by atoms with E-state index in [1.165, 1.54) is 12.3 Å². The van der Waals surface area contributed by atoms with Gasteiger partial charge in [-0.25, -0.2) is 9.37 Å². The van der Waals surface area contributed by atoms with E-state index in [0.29, 0.717) is 6.61 Å². The van der Waals surface area contributed by atoms with Gasteiger partial charge in [-0.1, -0.05) is 0 Å². The SMILES string of the molecule is [CH2]C(=O)c1ccnc(OCC2(OC3CCCCO3)CC2)c1F. The van der Waals surface area contributed by atoms with Crippen molar-refractivity contribution < 1.29 is 23.4 Å². The van der Waals surface area contributed by atoms with Gasteiger partial charge in [0.2, 0.25) is 0 Å². The number of ketones is 1. The monoisotopic (exact) mass is 308 g/mol. The van der Waals surface area contributed by atoms with Crippen LogP contribution in [0.2, 0.25) is 0 Å². The lowest BCUT2D eigenvalue weighted by Gasteiger charge is -2.27. The van der Waals surface area contributed by atoms with Gasteiger partial charge in [0.25, 0.3) is 5.88 Å². The third kappa shape index (κ3) is 3.44. The van der Waals surface area contributed by atoms with E-state index in [4.69, 9.17) is 14.2 Å². The van der Waals surface area contributed by atoms with Crippen LogP contribution in [0.25, 0.3) is 0 Å². The predicted octanol–water partition coefficient (Wildman–Crippen LogP) is 2.69. The van der Waals surface area contributed by atoms with Crippen LogP contribution in [0.15, 0.2) is 12.3 Å². The molecule has 22 heavy (non-hydrogen) atoms. The smallest absolute Gasteiger partial charge is 0.251 e. The largest absolute Gasteiger partial charge is 0.473 e. The molecule has 1 aromatic heterocycles. The highest BCUT2D eigenvalue weighted by Crippen LogP contribution is 2.42. The second-order valence-electron chi connectivity index (χ2n) is 5.79. The van der Waals surface area contributed by atoms with Crippen molar-refractivity contribution in [2.24, 2.45) is 0 Å². The molecule has 1 atom stereocenters. The molecule has 119 valence electrons. The van der Waals surface area contributed by atoms with Gasteiger partial charge in [-0.15, -0.1) is 0 Å². The van der Waals surface area contributed by atoms with Gasteiger partial charge in [0.1, 0.15) is 12.2 Å². The lowest BCUT2D eigenvalue weighted by Crippen LogP contribution is -2.33. The summed E-state index contributed by atoms with van der Waals surface area (Å²) in [6, 6.07) is 1.29. The Hall–Kier alpha value is -1.53. The fourth-order valence-corrected chi connectivity index (χ4v) is 2.46. The number of rotatable bonds is 6. The Balaban J connectivity index is 1.60. The van der Waals surface area contributed by atoms with E-state index in [-0.39, 0.29) is 24.3 Å². The number of halogens is 1. The van der Waals surface area contributed by atoms with E-state index in [1.54, 1.807) is 0 Å². The molecule has 0 bridgehead atoms. The van der Waals surface area contributed by atoms with Crippen LogP contribution < -0.4 is 4.74 Å². The highest BCUT2D eigenvalue weighted by atomic mass is 19.1. The van der Waals surface area contributed by atoms with Gasteiger partial charge < -0.3 is 14.2 Å². The molecular formula is C16H19FNO4. The molecule has 1 aromatic rings. The number of carbonyl (C=O) groups excluding carboxylic acids is 1. The summed E-state index contributed by atoms with van der Waals surface area (Å²) in [4.78, 5) is 15.1. The number of pyridine rings is 1. The van der Waals surface area contributed by atoms with Crippen molar-refractivity contribution >= 4 is 5.78 Å². The van der Waals surface area contributed by atoms with Gasteiger partial charge in [0.15, 0.2) is 17.9 Å². The Morgan fingerprint density at radius 1 is 1.50 bits per heavy atom. The Kier molecular flexibility index (Phi) is 4.40. The molecular weight excluding hydrogens is 289 g/mol. The van der Waals surface area contributed by atoms with Crippen molar-refractivity contribution in [3.63, 3.8) is 0 Å². The van der Waals surface area contributed by atoms with Crippen LogP contribution in [0.1, 0.15) is 42.5 Å². The Labute approximate surface area is 128 Å². The van der Waals surface area contributed by atoms with E-state index in [1.807, 2.05) is 0 Å². The summed E-state index contributed by atoms with van der Waals surface area (Å²) in [6.07, 6.45) is 5.85. The molecule has 1 radical (unpaired) electrons. The first-order chi connectivity index (χ1) is 10.6. The number of hydrogen-bond acceptors (Lipinski definition) is 5. The summed E-state index contributed by atoms with van der Waals surface area (Å²) in [5.41, 5.74) is -0.535. The van der Waals surface area contributed by atoms with Crippen LogP contribution in [0.5, 0.6) is 5.88 Å². The minimum atomic E-state index is -0.771. The highest BCUT2D eigenvalue weighted by Gasteiger charge is 2.47. The quantitative estimate of drug-likeness (QED) is 0.756. The molecule has 0 N–H and O–H groups in total. The Morgan fingerprint density at radius 3 is 2.95 bits per heavy atom. The molecule has 1 saturated heterocycles. The molecule has 0 aromatic carbocycles. The summed E-state index contributed by atoms with van der Waals surface area (Å²) in [6.45, 7) is 4.12. The minimum absolute atomic E-state index is 0.119. The number of carbonyl (C=O) groups is 1. The molecule has 6 heteroatoms. The second kappa shape index (κ2) is 6.30. The summed E-state index contributed by atoms with van der Waals surface area (Å²) >= 11 is 0. The zero-order valence-corrected chi connectivity index (χ0v) is 12.3.